The summed E-state index contributed by atoms with van der Waals surface area (Å²) in [6, 6.07) is 5.81. The molecule has 2 aromatic rings. The number of likely N-dealkylation sites (tertiary alicyclic amines) is 1. The summed E-state index contributed by atoms with van der Waals surface area (Å²) in [5.74, 6) is 0.105. The summed E-state index contributed by atoms with van der Waals surface area (Å²) in [5, 5.41) is 6.59. The lowest BCUT2D eigenvalue weighted by Crippen LogP contribution is -2.47. The zero-order valence-electron chi connectivity index (χ0n) is 17.3. The summed E-state index contributed by atoms with van der Waals surface area (Å²) in [4.78, 5) is 14.3. The van der Waals surface area contributed by atoms with Crippen molar-refractivity contribution in [2.75, 3.05) is 25.0 Å². The van der Waals surface area contributed by atoms with Crippen LogP contribution in [0.3, 0.4) is 0 Å². The van der Waals surface area contributed by atoms with Gasteiger partial charge in [-0.05, 0) is 50.8 Å². The van der Waals surface area contributed by atoms with Crippen molar-refractivity contribution in [1.29, 1.82) is 0 Å². The number of nitrogens with one attached hydrogen (secondary N) is 1. The molecule has 1 aromatic heterocycles. The molecule has 0 radical (unpaired) electrons. The van der Waals surface area contributed by atoms with Gasteiger partial charge in [-0.15, -0.1) is 13.2 Å². The van der Waals surface area contributed by atoms with Crippen molar-refractivity contribution in [3.63, 3.8) is 0 Å². The summed E-state index contributed by atoms with van der Waals surface area (Å²) in [7, 11) is 0. The highest BCUT2D eigenvalue weighted by Gasteiger charge is 2.44. The lowest BCUT2D eigenvalue weighted by molar-refractivity contribution is -0.274. The van der Waals surface area contributed by atoms with Crippen LogP contribution in [0.2, 0.25) is 0 Å². The van der Waals surface area contributed by atoms with E-state index in [4.69, 9.17) is 9.26 Å². The first kappa shape index (κ1) is 21.5. The third-order valence-corrected chi connectivity index (χ3v) is 6.11. The van der Waals surface area contributed by atoms with Crippen LogP contribution in [-0.4, -0.2) is 47.7 Å². The second-order valence-corrected chi connectivity index (χ2v) is 8.15. The van der Waals surface area contributed by atoms with Gasteiger partial charge in [-0.1, -0.05) is 17.3 Å². The summed E-state index contributed by atoms with van der Waals surface area (Å²) in [5.41, 5.74) is 1.90. The van der Waals surface area contributed by atoms with E-state index >= 15 is 0 Å². The first-order chi connectivity index (χ1) is 14.6. The molecule has 0 bridgehead atoms. The number of ether oxygens (including phenoxy) is 2. The number of alkyl halides is 3. The van der Waals surface area contributed by atoms with Crippen molar-refractivity contribution >= 4 is 11.9 Å². The summed E-state index contributed by atoms with van der Waals surface area (Å²) < 4.78 is 52.8. The number of aryl methyl sites for hydroxylation is 1. The fourth-order valence-electron chi connectivity index (χ4n) is 4.20. The van der Waals surface area contributed by atoms with Crippen molar-refractivity contribution in [3.05, 3.63) is 41.1 Å². The molecule has 4 rings (SSSR count). The van der Waals surface area contributed by atoms with E-state index in [1.165, 1.54) is 12.1 Å². The van der Waals surface area contributed by atoms with Crippen molar-refractivity contribution in [2.24, 2.45) is 0 Å². The molecule has 1 unspecified atom stereocenters. The molecule has 2 aliphatic heterocycles. The Morgan fingerprint density at radius 2 is 2.03 bits per heavy atom. The number of hydrogen-bond donors (Lipinski definition) is 1. The molecule has 1 spiro atoms. The van der Waals surface area contributed by atoms with Crippen LogP contribution in [0.5, 0.6) is 5.75 Å². The molecule has 1 atom stereocenters. The maximum Gasteiger partial charge on any atom is 0.573 e. The Morgan fingerprint density at radius 3 is 2.68 bits per heavy atom. The van der Waals surface area contributed by atoms with E-state index in [0.29, 0.717) is 44.8 Å². The Hall–Kier alpha value is -2.75. The van der Waals surface area contributed by atoms with Gasteiger partial charge in [0.15, 0.2) is 0 Å². The zero-order chi connectivity index (χ0) is 22.2. The fourth-order valence-corrected chi connectivity index (χ4v) is 4.20. The van der Waals surface area contributed by atoms with Gasteiger partial charge in [0.2, 0.25) is 5.88 Å². The Balaban J connectivity index is 1.34. The zero-order valence-corrected chi connectivity index (χ0v) is 17.3. The summed E-state index contributed by atoms with van der Waals surface area (Å²) in [6.45, 7) is 5.09. The average Bonchev–Trinajstić information content (AvgIpc) is 3.26. The monoisotopic (exact) mass is 439 g/mol. The Kier molecular flexibility index (Phi) is 5.59. The SMILES string of the molecule is Cc1noc(NC(=O)N2CCC3(CC2)CC(c2cccc(OC(F)(F)F)c2)CO3)c1C. The molecule has 31 heavy (non-hydrogen) atoms. The fraction of sp³-hybridized carbons (Fsp3) is 0.524. The first-order valence-corrected chi connectivity index (χ1v) is 10.1. The van der Waals surface area contributed by atoms with Gasteiger partial charge in [0, 0.05) is 24.6 Å². The second-order valence-electron chi connectivity index (χ2n) is 8.15. The van der Waals surface area contributed by atoms with E-state index in [1.54, 1.807) is 24.0 Å². The van der Waals surface area contributed by atoms with E-state index < -0.39 is 6.36 Å². The molecule has 168 valence electrons. The van der Waals surface area contributed by atoms with Crippen LogP contribution in [0.4, 0.5) is 23.8 Å². The topological polar surface area (TPSA) is 76.8 Å². The molecule has 10 heteroatoms. The van der Waals surface area contributed by atoms with Gasteiger partial charge in [-0.3, -0.25) is 5.32 Å². The standard InChI is InChI=1S/C21H24F3N3O4/c1-13-14(2)26-31-18(13)25-19(28)27-8-6-20(7-9-27)11-16(12-29-20)15-4-3-5-17(10-15)30-21(22,23)24/h3-5,10,16H,6-9,11-12H2,1-2H3,(H,25,28). The number of urea groups is 1. The number of benzene rings is 1. The predicted molar refractivity (Wildman–Crippen MR) is 105 cm³/mol. The molecule has 2 aliphatic rings. The molecule has 3 heterocycles. The maximum absolute atomic E-state index is 12.6. The Bertz CT molecular complexity index is 952. The highest BCUT2D eigenvalue weighted by Crippen LogP contribution is 2.43. The molecule has 0 saturated carbocycles. The smallest absolute Gasteiger partial charge is 0.406 e. The molecular weight excluding hydrogens is 415 g/mol. The molecular formula is C21H24F3N3O4. The number of amides is 2. The highest BCUT2D eigenvalue weighted by molar-refractivity contribution is 5.88. The van der Waals surface area contributed by atoms with Crippen molar-refractivity contribution in [1.82, 2.24) is 10.1 Å². The first-order valence-electron chi connectivity index (χ1n) is 10.1. The second kappa shape index (κ2) is 8.07. The lowest BCUT2D eigenvalue weighted by atomic mass is 9.83. The predicted octanol–water partition coefficient (Wildman–Crippen LogP) is 4.76. The molecule has 7 nitrogen and oxygen atoms in total. The number of carbonyl (C=O) groups excluding carboxylic acids is 1. The average molecular weight is 439 g/mol. The molecule has 0 aliphatic carbocycles. The van der Waals surface area contributed by atoms with Crippen LogP contribution in [0.25, 0.3) is 0 Å². The Morgan fingerprint density at radius 1 is 1.29 bits per heavy atom. The normalized spacial score (nSPS) is 20.8. The minimum absolute atomic E-state index is 0.0167. The number of aromatic nitrogens is 1. The van der Waals surface area contributed by atoms with E-state index in [1.807, 2.05) is 6.92 Å². The van der Waals surface area contributed by atoms with Crippen molar-refractivity contribution < 1.29 is 32.0 Å². The van der Waals surface area contributed by atoms with Gasteiger partial charge in [0.1, 0.15) is 5.75 Å². The van der Waals surface area contributed by atoms with Gasteiger partial charge in [0.05, 0.1) is 17.9 Å². The largest absolute Gasteiger partial charge is 0.573 e. The molecule has 2 fully saturated rings. The molecule has 2 amide bonds. The van der Waals surface area contributed by atoms with Crippen LogP contribution < -0.4 is 10.1 Å². The number of anilines is 1. The van der Waals surface area contributed by atoms with Gasteiger partial charge in [-0.2, -0.15) is 0 Å². The minimum atomic E-state index is -4.72. The number of nitrogens with zero attached hydrogens (tertiary/aromatic N) is 2. The third kappa shape index (κ3) is 4.79. The molecule has 2 saturated heterocycles. The van der Waals surface area contributed by atoms with Crippen LogP contribution in [0.15, 0.2) is 28.8 Å². The molecule has 1 aromatic carbocycles. The van der Waals surface area contributed by atoms with Crippen LogP contribution >= 0.6 is 0 Å². The summed E-state index contributed by atoms with van der Waals surface area (Å²) in [6.07, 6.45) is -2.71. The van der Waals surface area contributed by atoms with Gasteiger partial charge < -0.3 is 18.9 Å². The van der Waals surface area contributed by atoms with E-state index in [-0.39, 0.29) is 23.3 Å². The van der Waals surface area contributed by atoms with Gasteiger partial charge in [-0.25, -0.2) is 4.79 Å². The quantitative estimate of drug-likeness (QED) is 0.746. The van der Waals surface area contributed by atoms with Crippen molar-refractivity contribution in [3.8, 4) is 5.75 Å². The number of piperidine rings is 1. The minimum Gasteiger partial charge on any atom is -0.406 e. The van der Waals surface area contributed by atoms with Crippen LogP contribution in [0, 0.1) is 13.8 Å². The van der Waals surface area contributed by atoms with E-state index in [9.17, 15) is 18.0 Å². The summed E-state index contributed by atoms with van der Waals surface area (Å²) >= 11 is 0. The number of carbonyl (C=O) groups is 1. The molecule has 1 N–H and O–H groups in total. The van der Waals surface area contributed by atoms with E-state index in [0.717, 1.165) is 16.8 Å². The maximum atomic E-state index is 12.6. The lowest BCUT2D eigenvalue weighted by Gasteiger charge is -2.38. The number of halogens is 3. The van der Waals surface area contributed by atoms with Crippen LogP contribution in [0.1, 0.15) is 42.0 Å². The van der Waals surface area contributed by atoms with Gasteiger partial charge in [0.25, 0.3) is 0 Å². The third-order valence-electron chi connectivity index (χ3n) is 6.11. The Labute approximate surface area is 177 Å². The highest BCUT2D eigenvalue weighted by atomic mass is 19.4. The number of hydrogen-bond acceptors (Lipinski definition) is 5. The number of rotatable bonds is 3. The van der Waals surface area contributed by atoms with Gasteiger partial charge >= 0.3 is 12.4 Å². The van der Waals surface area contributed by atoms with Crippen LogP contribution in [-0.2, 0) is 4.74 Å². The van der Waals surface area contributed by atoms with Crippen molar-refractivity contribution in [2.45, 2.75) is 51.0 Å². The van der Waals surface area contributed by atoms with E-state index in [2.05, 4.69) is 15.2 Å².